The van der Waals surface area contributed by atoms with Gasteiger partial charge in [0.2, 0.25) is 11.7 Å². The lowest BCUT2D eigenvalue weighted by atomic mass is 10.2. The number of nitrogens with zero attached hydrogens (tertiary/aromatic N) is 2. The first-order valence-corrected chi connectivity index (χ1v) is 9.03. The zero-order chi connectivity index (χ0) is 19.1. The van der Waals surface area contributed by atoms with Crippen LogP contribution in [0.4, 0.5) is 18.9 Å². The van der Waals surface area contributed by atoms with E-state index in [-0.39, 0.29) is 11.0 Å². The van der Waals surface area contributed by atoms with Gasteiger partial charge in [0.15, 0.2) is 0 Å². The summed E-state index contributed by atoms with van der Waals surface area (Å²) in [5.74, 6) is -1.69. The van der Waals surface area contributed by atoms with E-state index in [1.807, 2.05) is 6.92 Å². The van der Waals surface area contributed by atoms with Gasteiger partial charge in [-0.3, -0.25) is 4.79 Å². The highest BCUT2D eigenvalue weighted by molar-refractivity contribution is 9.11. The Morgan fingerprint density at radius 3 is 2.42 bits per heavy atom. The van der Waals surface area contributed by atoms with Crippen molar-refractivity contribution in [3.05, 3.63) is 56.7 Å². The van der Waals surface area contributed by atoms with Crippen molar-refractivity contribution in [1.29, 1.82) is 0 Å². The minimum atomic E-state index is -4.66. The van der Waals surface area contributed by atoms with E-state index in [0.29, 0.717) is 14.6 Å². The molecule has 4 nitrogen and oxygen atoms in total. The van der Waals surface area contributed by atoms with E-state index in [1.54, 1.807) is 24.3 Å². The predicted octanol–water partition coefficient (Wildman–Crippen LogP) is 5.53. The molecule has 0 fully saturated rings. The van der Waals surface area contributed by atoms with Gasteiger partial charge in [-0.05, 0) is 68.6 Å². The van der Waals surface area contributed by atoms with Crippen LogP contribution in [0.3, 0.4) is 0 Å². The summed E-state index contributed by atoms with van der Waals surface area (Å²) in [4.78, 5) is 16.1. The Morgan fingerprint density at radius 1 is 1.19 bits per heavy atom. The second kappa shape index (κ2) is 7.03. The fourth-order valence-electron chi connectivity index (χ4n) is 2.59. The third-order valence-electron chi connectivity index (χ3n) is 3.66. The molecule has 0 aliphatic heterocycles. The van der Waals surface area contributed by atoms with Crippen LogP contribution in [0, 0.1) is 6.92 Å². The molecule has 0 radical (unpaired) electrons. The Labute approximate surface area is 163 Å². The molecule has 3 rings (SSSR count). The van der Waals surface area contributed by atoms with Crippen molar-refractivity contribution in [2.45, 2.75) is 19.6 Å². The summed E-state index contributed by atoms with van der Waals surface area (Å²) in [7, 11) is 0. The average molecular weight is 491 g/mol. The SMILES string of the molecule is Cc1cc(Br)c(NC(=O)Cn2c(C(F)(F)F)nc3ccccc32)c(Br)c1. The monoisotopic (exact) mass is 489 g/mol. The smallest absolute Gasteiger partial charge is 0.323 e. The van der Waals surface area contributed by atoms with Gasteiger partial charge < -0.3 is 9.88 Å². The minimum absolute atomic E-state index is 0.185. The number of aryl methyl sites for hydroxylation is 1. The van der Waals surface area contributed by atoms with Crippen molar-refractivity contribution in [1.82, 2.24) is 9.55 Å². The molecule has 0 spiro atoms. The van der Waals surface area contributed by atoms with Crippen molar-refractivity contribution in [3.63, 3.8) is 0 Å². The number of nitrogens with one attached hydrogen (secondary N) is 1. The quantitative estimate of drug-likeness (QED) is 0.525. The number of para-hydroxylation sites is 2. The summed E-state index contributed by atoms with van der Waals surface area (Å²) < 4.78 is 42.1. The predicted molar refractivity (Wildman–Crippen MR) is 99.9 cm³/mol. The summed E-state index contributed by atoms with van der Waals surface area (Å²) in [6, 6.07) is 9.78. The van der Waals surface area contributed by atoms with Crippen molar-refractivity contribution < 1.29 is 18.0 Å². The van der Waals surface area contributed by atoms with Gasteiger partial charge in [-0.1, -0.05) is 12.1 Å². The van der Waals surface area contributed by atoms with E-state index in [0.717, 1.165) is 10.1 Å². The Balaban J connectivity index is 1.95. The number of carbonyl (C=O) groups excluding carboxylic acids is 1. The van der Waals surface area contributed by atoms with Gasteiger partial charge >= 0.3 is 6.18 Å². The van der Waals surface area contributed by atoms with Crippen LogP contribution in [-0.2, 0) is 17.5 Å². The van der Waals surface area contributed by atoms with Gasteiger partial charge in [-0.2, -0.15) is 13.2 Å². The number of rotatable bonds is 3. The highest BCUT2D eigenvalue weighted by Crippen LogP contribution is 2.33. The number of halogens is 5. The number of hydrogen-bond donors (Lipinski definition) is 1. The van der Waals surface area contributed by atoms with Crippen LogP contribution >= 0.6 is 31.9 Å². The molecule has 0 aliphatic carbocycles. The zero-order valence-electron chi connectivity index (χ0n) is 13.4. The van der Waals surface area contributed by atoms with E-state index in [2.05, 4.69) is 42.2 Å². The summed E-state index contributed by atoms with van der Waals surface area (Å²) in [6.45, 7) is 1.37. The van der Waals surface area contributed by atoms with Crippen LogP contribution in [0.5, 0.6) is 0 Å². The van der Waals surface area contributed by atoms with Crippen molar-refractivity contribution >= 4 is 54.5 Å². The van der Waals surface area contributed by atoms with Crippen LogP contribution < -0.4 is 5.32 Å². The lowest BCUT2D eigenvalue weighted by Gasteiger charge is -2.14. The van der Waals surface area contributed by atoms with Gasteiger partial charge in [-0.25, -0.2) is 4.98 Å². The molecule has 9 heteroatoms. The molecular weight excluding hydrogens is 479 g/mol. The van der Waals surface area contributed by atoms with Crippen LogP contribution in [0.2, 0.25) is 0 Å². The maximum atomic E-state index is 13.3. The third-order valence-corrected chi connectivity index (χ3v) is 4.91. The second-order valence-electron chi connectivity index (χ2n) is 5.66. The maximum Gasteiger partial charge on any atom is 0.449 e. The van der Waals surface area contributed by atoms with E-state index in [1.165, 1.54) is 12.1 Å². The number of alkyl halides is 3. The fourth-order valence-corrected chi connectivity index (χ4v) is 4.21. The number of benzene rings is 2. The van der Waals surface area contributed by atoms with Crippen molar-refractivity contribution in [3.8, 4) is 0 Å². The molecule has 26 heavy (non-hydrogen) atoms. The Hall–Kier alpha value is -1.87. The molecule has 1 N–H and O–H groups in total. The number of aromatic nitrogens is 2. The summed E-state index contributed by atoms with van der Waals surface area (Å²) in [6.07, 6.45) is -4.66. The van der Waals surface area contributed by atoms with Gasteiger partial charge in [0.05, 0.1) is 16.7 Å². The molecule has 0 aliphatic rings. The number of anilines is 1. The lowest BCUT2D eigenvalue weighted by Crippen LogP contribution is -2.23. The molecule has 3 aromatic rings. The van der Waals surface area contributed by atoms with Gasteiger partial charge in [-0.15, -0.1) is 0 Å². The van der Waals surface area contributed by atoms with E-state index in [9.17, 15) is 18.0 Å². The molecule has 0 saturated heterocycles. The summed E-state index contributed by atoms with van der Waals surface area (Å²) in [5.41, 5.74) is 1.85. The normalized spacial score (nSPS) is 11.8. The first-order chi connectivity index (χ1) is 12.2. The fraction of sp³-hybridized carbons (Fsp3) is 0.176. The van der Waals surface area contributed by atoms with Gasteiger partial charge in [0.1, 0.15) is 6.54 Å². The molecule has 1 heterocycles. The third kappa shape index (κ3) is 3.78. The maximum absolute atomic E-state index is 13.3. The van der Waals surface area contributed by atoms with Crippen LogP contribution in [0.1, 0.15) is 11.4 Å². The number of fused-ring (bicyclic) bond motifs is 1. The number of imidazole rings is 1. The Kier molecular flexibility index (Phi) is 5.12. The molecule has 0 atom stereocenters. The Bertz CT molecular complexity index is 976. The standard InChI is InChI=1S/C17H12Br2F3N3O/c1-9-6-10(18)15(11(19)7-9)24-14(26)8-25-13-5-3-2-4-12(13)23-16(25)17(20,21)22/h2-7H,8H2,1H3,(H,24,26). The molecular formula is C17H12Br2F3N3O. The summed E-state index contributed by atoms with van der Waals surface area (Å²) >= 11 is 6.69. The molecule has 2 aromatic carbocycles. The molecule has 136 valence electrons. The topological polar surface area (TPSA) is 46.9 Å². The van der Waals surface area contributed by atoms with Gasteiger partial charge in [0, 0.05) is 8.95 Å². The van der Waals surface area contributed by atoms with Crippen LogP contribution in [-0.4, -0.2) is 15.5 Å². The molecule has 0 unspecified atom stereocenters. The number of hydrogen-bond acceptors (Lipinski definition) is 2. The van der Waals surface area contributed by atoms with Crippen LogP contribution in [0.25, 0.3) is 11.0 Å². The largest absolute Gasteiger partial charge is 0.449 e. The van der Waals surface area contributed by atoms with E-state index < -0.39 is 24.5 Å². The highest BCUT2D eigenvalue weighted by atomic mass is 79.9. The average Bonchev–Trinajstić information content (AvgIpc) is 2.90. The number of amides is 1. The van der Waals surface area contributed by atoms with Gasteiger partial charge in [0.25, 0.3) is 0 Å². The lowest BCUT2D eigenvalue weighted by molar-refractivity contribution is -0.147. The molecule has 0 saturated carbocycles. The van der Waals surface area contributed by atoms with Crippen molar-refractivity contribution in [2.75, 3.05) is 5.32 Å². The van der Waals surface area contributed by atoms with E-state index in [4.69, 9.17) is 0 Å². The summed E-state index contributed by atoms with van der Waals surface area (Å²) in [5, 5.41) is 2.64. The molecule has 0 bridgehead atoms. The Morgan fingerprint density at radius 2 is 1.81 bits per heavy atom. The van der Waals surface area contributed by atoms with Crippen molar-refractivity contribution in [2.24, 2.45) is 0 Å². The highest BCUT2D eigenvalue weighted by Gasteiger charge is 2.38. The molecule has 1 amide bonds. The first kappa shape index (κ1) is 18.9. The van der Waals surface area contributed by atoms with E-state index >= 15 is 0 Å². The van der Waals surface area contributed by atoms with Crippen LogP contribution in [0.15, 0.2) is 45.3 Å². The minimum Gasteiger partial charge on any atom is -0.323 e. The second-order valence-corrected chi connectivity index (χ2v) is 7.37. The molecule has 1 aromatic heterocycles. The first-order valence-electron chi connectivity index (χ1n) is 7.45. The zero-order valence-corrected chi connectivity index (χ0v) is 16.5. The number of carbonyl (C=O) groups is 1.